The zero-order valence-corrected chi connectivity index (χ0v) is 11.7. The molecule has 0 saturated heterocycles. The fourth-order valence-electron chi connectivity index (χ4n) is 1.79. The Morgan fingerprint density at radius 3 is 2.57 bits per heavy atom. The summed E-state index contributed by atoms with van der Waals surface area (Å²) in [6.45, 7) is 2.13. The average molecular weight is 288 g/mol. The quantitative estimate of drug-likeness (QED) is 0.694. The maximum Gasteiger partial charge on any atom is 0.293 e. The number of hydrazine groups is 1. The SMILES string of the molecule is C[C@H]([NH2+]CC(=O)NNC(=O)c1ccccc1)c1ccco1. The maximum atomic E-state index is 11.7. The average Bonchev–Trinajstić information content (AvgIpc) is 3.05. The number of benzene rings is 1. The molecule has 0 unspecified atom stereocenters. The normalized spacial score (nSPS) is 11.7. The van der Waals surface area contributed by atoms with E-state index < -0.39 is 0 Å². The van der Waals surface area contributed by atoms with Gasteiger partial charge < -0.3 is 9.73 Å². The smallest absolute Gasteiger partial charge is 0.293 e. The second-order valence-electron chi connectivity index (χ2n) is 4.61. The molecule has 0 spiro atoms. The van der Waals surface area contributed by atoms with Gasteiger partial charge in [-0.3, -0.25) is 20.4 Å². The number of rotatable bonds is 5. The highest BCUT2D eigenvalue weighted by Gasteiger charge is 2.14. The number of hydrogen-bond donors (Lipinski definition) is 3. The van der Waals surface area contributed by atoms with Crippen LogP contribution in [0.15, 0.2) is 53.1 Å². The number of nitrogens with one attached hydrogen (secondary N) is 2. The molecule has 6 nitrogen and oxygen atoms in total. The molecule has 1 heterocycles. The summed E-state index contributed by atoms with van der Waals surface area (Å²) < 4.78 is 5.25. The maximum absolute atomic E-state index is 11.7. The molecule has 0 saturated carbocycles. The molecule has 1 aromatic carbocycles. The van der Waals surface area contributed by atoms with Crippen LogP contribution in [0, 0.1) is 0 Å². The third kappa shape index (κ3) is 4.47. The first kappa shape index (κ1) is 14.8. The lowest BCUT2D eigenvalue weighted by atomic mass is 10.2. The van der Waals surface area contributed by atoms with Crippen LogP contribution in [0.25, 0.3) is 0 Å². The Kier molecular flexibility index (Phi) is 5.11. The molecule has 6 heteroatoms. The second-order valence-corrected chi connectivity index (χ2v) is 4.61. The van der Waals surface area contributed by atoms with Gasteiger partial charge in [-0.05, 0) is 31.2 Å². The Morgan fingerprint density at radius 1 is 1.14 bits per heavy atom. The highest BCUT2D eigenvalue weighted by molar-refractivity contribution is 5.95. The van der Waals surface area contributed by atoms with Crippen LogP contribution in [0.4, 0.5) is 0 Å². The van der Waals surface area contributed by atoms with Crippen molar-refractivity contribution in [2.24, 2.45) is 0 Å². The molecule has 0 bridgehead atoms. The zero-order valence-electron chi connectivity index (χ0n) is 11.7. The van der Waals surface area contributed by atoms with Gasteiger partial charge in [-0.1, -0.05) is 18.2 Å². The number of furan rings is 1. The predicted molar refractivity (Wildman–Crippen MR) is 76.0 cm³/mol. The van der Waals surface area contributed by atoms with Gasteiger partial charge in [0.1, 0.15) is 6.04 Å². The van der Waals surface area contributed by atoms with E-state index in [2.05, 4.69) is 10.9 Å². The second kappa shape index (κ2) is 7.25. The van der Waals surface area contributed by atoms with Crippen molar-refractivity contribution in [2.75, 3.05) is 6.54 Å². The van der Waals surface area contributed by atoms with E-state index in [4.69, 9.17) is 4.42 Å². The molecule has 2 aromatic rings. The molecule has 0 aliphatic rings. The zero-order chi connectivity index (χ0) is 15.1. The van der Waals surface area contributed by atoms with E-state index in [-0.39, 0.29) is 24.4 Å². The van der Waals surface area contributed by atoms with Crippen molar-refractivity contribution in [3.05, 3.63) is 60.1 Å². The van der Waals surface area contributed by atoms with Crippen LogP contribution < -0.4 is 16.2 Å². The molecule has 2 amide bonds. The van der Waals surface area contributed by atoms with Gasteiger partial charge in [0.15, 0.2) is 12.3 Å². The summed E-state index contributed by atoms with van der Waals surface area (Å²) in [5.74, 6) is 0.178. The molecule has 110 valence electrons. The Labute approximate surface area is 122 Å². The fourth-order valence-corrected chi connectivity index (χ4v) is 1.79. The highest BCUT2D eigenvalue weighted by atomic mass is 16.3. The first-order valence-corrected chi connectivity index (χ1v) is 6.68. The van der Waals surface area contributed by atoms with E-state index in [1.165, 1.54) is 0 Å². The molecule has 0 aliphatic heterocycles. The van der Waals surface area contributed by atoms with Gasteiger partial charge in [-0.25, -0.2) is 0 Å². The largest absolute Gasteiger partial charge is 0.463 e. The first-order chi connectivity index (χ1) is 10.2. The molecule has 4 N–H and O–H groups in total. The van der Waals surface area contributed by atoms with E-state index >= 15 is 0 Å². The minimum absolute atomic E-state index is 0.0376. The van der Waals surface area contributed by atoms with Gasteiger partial charge in [0, 0.05) is 5.56 Å². The van der Waals surface area contributed by atoms with Crippen molar-refractivity contribution in [3.8, 4) is 0 Å². The van der Waals surface area contributed by atoms with Crippen LogP contribution in [-0.4, -0.2) is 18.4 Å². The van der Waals surface area contributed by atoms with Crippen LogP contribution in [0.1, 0.15) is 29.1 Å². The molecule has 0 fully saturated rings. The van der Waals surface area contributed by atoms with Crippen LogP contribution in [-0.2, 0) is 4.79 Å². The number of hydrogen-bond acceptors (Lipinski definition) is 3. The van der Waals surface area contributed by atoms with Gasteiger partial charge >= 0.3 is 0 Å². The lowest BCUT2D eigenvalue weighted by Crippen LogP contribution is -2.87. The van der Waals surface area contributed by atoms with Gasteiger partial charge in [0.2, 0.25) is 0 Å². The standard InChI is InChI=1S/C15H17N3O3/c1-11(13-8-5-9-21-13)16-10-14(19)17-18-15(20)12-6-3-2-4-7-12/h2-9,11,16H,10H2,1H3,(H,17,19)(H,18,20)/p+1/t11-/m0/s1. The van der Waals surface area contributed by atoms with Crippen molar-refractivity contribution in [1.29, 1.82) is 0 Å². The van der Waals surface area contributed by atoms with Gasteiger partial charge in [0.25, 0.3) is 11.8 Å². The van der Waals surface area contributed by atoms with Crippen LogP contribution in [0.5, 0.6) is 0 Å². The monoisotopic (exact) mass is 288 g/mol. The molecular weight excluding hydrogens is 270 g/mol. The number of carbonyl (C=O) groups is 2. The highest BCUT2D eigenvalue weighted by Crippen LogP contribution is 2.07. The third-order valence-corrected chi connectivity index (χ3v) is 3.00. The molecule has 21 heavy (non-hydrogen) atoms. The minimum atomic E-state index is -0.344. The Hall–Kier alpha value is -2.60. The van der Waals surface area contributed by atoms with Gasteiger partial charge in [-0.15, -0.1) is 0 Å². The first-order valence-electron chi connectivity index (χ1n) is 6.68. The van der Waals surface area contributed by atoms with Crippen molar-refractivity contribution >= 4 is 11.8 Å². The number of quaternary nitrogens is 1. The predicted octanol–water partition coefficient (Wildman–Crippen LogP) is 0.365. The van der Waals surface area contributed by atoms with Crippen LogP contribution >= 0.6 is 0 Å². The Bertz CT molecular complexity index is 581. The summed E-state index contributed by atoms with van der Waals surface area (Å²) in [6.07, 6.45) is 1.60. The summed E-state index contributed by atoms with van der Waals surface area (Å²) in [5, 5.41) is 1.82. The van der Waals surface area contributed by atoms with E-state index in [0.29, 0.717) is 5.56 Å². The summed E-state index contributed by atoms with van der Waals surface area (Å²) in [7, 11) is 0. The van der Waals surface area contributed by atoms with Gasteiger partial charge in [-0.2, -0.15) is 0 Å². The molecular formula is C15H18N3O3+. The van der Waals surface area contributed by atoms with Crippen LogP contribution in [0.3, 0.4) is 0 Å². The summed E-state index contributed by atoms with van der Waals surface area (Å²) in [6, 6.07) is 12.4. The van der Waals surface area contributed by atoms with Crippen molar-refractivity contribution in [1.82, 2.24) is 10.9 Å². The molecule has 0 aliphatic carbocycles. The topological polar surface area (TPSA) is 88.0 Å². The lowest BCUT2D eigenvalue weighted by Gasteiger charge is -2.09. The van der Waals surface area contributed by atoms with Crippen molar-refractivity contribution in [3.63, 3.8) is 0 Å². The van der Waals surface area contributed by atoms with E-state index in [1.807, 2.05) is 24.4 Å². The van der Waals surface area contributed by atoms with Crippen LogP contribution in [0.2, 0.25) is 0 Å². The van der Waals surface area contributed by atoms with E-state index in [0.717, 1.165) is 5.76 Å². The number of nitrogens with two attached hydrogens (primary N) is 1. The Morgan fingerprint density at radius 2 is 1.90 bits per heavy atom. The fraction of sp³-hybridized carbons (Fsp3) is 0.200. The lowest BCUT2D eigenvalue weighted by molar-refractivity contribution is -0.684. The van der Waals surface area contributed by atoms with E-state index in [1.54, 1.807) is 36.6 Å². The molecule has 1 atom stereocenters. The molecule has 1 aromatic heterocycles. The minimum Gasteiger partial charge on any atom is -0.463 e. The van der Waals surface area contributed by atoms with Crippen molar-refractivity contribution in [2.45, 2.75) is 13.0 Å². The Balaban J connectivity index is 1.71. The number of amides is 2. The summed E-state index contributed by atoms with van der Waals surface area (Å²) in [5.41, 5.74) is 5.25. The molecule has 0 radical (unpaired) electrons. The number of carbonyl (C=O) groups excluding carboxylic acids is 2. The van der Waals surface area contributed by atoms with Gasteiger partial charge in [0.05, 0.1) is 6.26 Å². The van der Waals surface area contributed by atoms with E-state index in [9.17, 15) is 9.59 Å². The molecule has 2 rings (SSSR count). The summed E-state index contributed by atoms with van der Waals surface area (Å²) in [4.78, 5) is 23.4. The summed E-state index contributed by atoms with van der Waals surface area (Å²) >= 11 is 0. The van der Waals surface area contributed by atoms with Crippen molar-refractivity contribution < 1.29 is 19.3 Å². The third-order valence-electron chi connectivity index (χ3n) is 3.00.